The van der Waals surface area contributed by atoms with Crippen molar-refractivity contribution in [2.24, 2.45) is 5.92 Å². The minimum atomic E-state index is -0.867. The van der Waals surface area contributed by atoms with E-state index >= 15 is 0 Å². The molecule has 0 saturated carbocycles. The van der Waals surface area contributed by atoms with Crippen LogP contribution in [0.5, 0.6) is 0 Å². The Bertz CT molecular complexity index is 214. The summed E-state index contributed by atoms with van der Waals surface area (Å²) in [5.74, 6) is -0.838. The van der Waals surface area contributed by atoms with Crippen molar-refractivity contribution in [3.05, 3.63) is 0 Å². The van der Waals surface area contributed by atoms with Crippen molar-refractivity contribution in [1.29, 1.82) is 0 Å². The largest absolute Gasteiger partial charge is 0.465 e. The lowest BCUT2D eigenvalue weighted by atomic mass is 9.95. The normalized spacial score (nSPS) is 27.7. The number of hydrogen-bond acceptors (Lipinski definition) is 3. The number of carbonyl (C=O) groups is 1. The summed E-state index contributed by atoms with van der Waals surface area (Å²) >= 11 is 0. The number of ether oxygens (including phenoxy) is 1. The molecular weight excluding hydrogens is 216 g/mol. The molecule has 3 nitrogen and oxygen atoms in total. The summed E-state index contributed by atoms with van der Waals surface area (Å²) in [6, 6.07) is -0.228. The summed E-state index contributed by atoms with van der Waals surface area (Å²) in [5.41, 5.74) is 0. The molecule has 0 spiro atoms. The monoisotopic (exact) mass is 235 g/mol. The van der Waals surface area contributed by atoms with Crippen molar-refractivity contribution in [2.45, 2.75) is 38.1 Å². The van der Waals surface area contributed by atoms with E-state index in [1.807, 2.05) is 0 Å². The van der Waals surface area contributed by atoms with Crippen LogP contribution >= 0.6 is 9.24 Å². The van der Waals surface area contributed by atoms with Crippen LogP contribution in [0, 0.1) is 5.92 Å². The lowest BCUT2D eigenvalue weighted by Gasteiger charge is -2.17. The van der Waals surface area contributed by atoms with Crippen LogP contribution in [0.25, 0.3) is 0 Å². The molecule has 0 aromatic carbocycles. The molecule has 5 heteroatoms. The van der Waals surface area contributed by atoms with Crippen molar-refractivity contribution in [2.75, 3.05) is 13.2 Å². The Balaban J connectivity index is 2.38. The van der Waals surface area contributed by atoms with Crippen molar-refractivity contribution in [3.63, 3.8) is 0 Å². The predicted molar refractivity (Wildman–Crippen MR) is 60.4 cm³/mol. The van der Waals surface area contributed by atoms with Gasteiger partial charge in [0.2, 0.25) is 0 Å². The fourth-order valence-corrected chi connectivity index (χ4v) is 2.14. The average Bonchev–Trinajstić information content (AvgIpc) is 2.62. The molecule has 1 aliphatic rings. The Morgan fingerprint density at radius 2 is 2.47 bits per heavy atom. The van der Waals surface area contributed by atoms with E-state index in [4.69, 9.17) is 4.74 Å². The summed E-state index contributed by atoms with van der Waals surface area (Å²) in [6.45, 7) is 3.02. The third-order valence-corrected chi connectivity index (χ3v) is 3.04. The van der Waals surface area contributed by atoms with Gasteiger partial charge in [0.05, 0.1) is 6.61 Å². The van der Waals surface area contributed by atoms with Crippen LogP contribution in [0.2, 0.25) is 0 Å². The van der Waals surface area contributed by atoms with Gasteiger partial charge in [0.25, 0.3) is 0 Å². The lowest BCUT2D eigenvalue weighted by molar-refractivity contribution is -0.146. The number of halogens is 1. The van der Waals surface area contributed by atoms with Gasteiger partial charge in [-0.2, -0.15) is 0 Å². The van der Waals surface area contributed by atoms with Gasteiger partial charge in [0.1, 0.15) is 12.0 Å². The van der Waals surface area contributed by atoms with E-state index in [0.29, 0.717) is 13.0 Å². The van der Waals surface area contributed by atoms with E-state index in [1.54, 1.807) is 6.92 Å². The van der Waals surface area contributed by atoms with Crippen molar-refractivity contribution < 1.29 is 13.9 Å². The van der Waals surface area contributed by atoms with Gasteiger partial charge in [-0.1, -0.05) is 0 Å². The summed E-state index contributed by atoms with van der Waals surface area (Å²) in [7, 11) is 2.14. The molecule has 0 aliphatic carbocycles. The second kappa shape index (κ2) is 6.39. The maximum Gasteiger partial charge on any atom is 0.323 e. The zero-order valence-corrected chi connectivity index (χ0v) is 10.2. The fraction of sp³-hybridized carbons (Fsp3) is 0.900. The zero-order valence-electron chi connectivity index (χ0n) is 9.04. The van der Waals surface area contributed by atoms with Crippen molar-refractivity contribution >= 4 is 15.2 Å². The van der Waals surface area contributed by atoms with Gasteiger partial charge in [-0.25, -0.2) is 4.39 Å². The van der Waals surface area contributed by atoms with Gasteiger partial charge in [0, 0.05) is 0 Å². The van der Waals surface area contributed by atoms with Gasteiger partial charge in [-0.15, -0.1) is 9.24 Å². The van der Waals surface area contributed by atoms with Gasteiger partial charge in [-0.05, 0) is 38.6 Å². The maximum absolute atomic E-state index is 12.7. The van der Waals surface area contributed by atoms with Gasteiger partial charge in [-0.3, -0.25) is 4.79 Å². The van der Waals surface area contributed by atoms with E-state index in [0.717, 1.165) is 19.4 Å². The smallest absolute Gasteiger partial charge is 0.323 e. The van der Waals surface area contributed by atoms with Crippen molar-refractivity contribution in [3.8, 4) is 0 Å². The predicted octanol–water partition coefficient (Wildman–Crippen LogP) is 1.48. The first-order chi connectivity index (χ1) is 7.15. The first-order valence-electron chi connectivity index (χ1n) is 5.44. The molecule has 1 fully saturated rings. The third-order valence-electron chi connectivity index (χ3n) is 2.70. The summed E-state index contributed by atoms with van der Waals surface area (Å²) < 4.78 is 17.6. The highest BCUT2D eigenvalue weighted by Gasteiger charge is 2.33. The van der Waals surface area contributed by atoms with E-state index < -0.39 is 5.91 Å². The second-order valence-electron chi connectivity index (χ2n) is 3.83. The van der Waals surface area contributed by atoms with Gasteiger partial charge in [0.15, 0.2) is 0 Å². The minimum absolute atomic E-state index is 0.195. The Morgan fingerprint density at radius 1 is 1.73 bits per heavy atom. The maximum atomic E-state index is 12.7. The number of esters is 1. The Morgan fingerprint density at radius 3 is 3.07 bits per heavy atom. The SMILES string of the molecule is CCOC(=O)C1NCC[C@H]1CCC(F)P. The summed E-state index contributed by atoms with van der Waals surface area (Å²) in [4.78, 5) is 11.5. The van der Waals surface area contributed by atoms with E-state index in [9.17, 15) is 9.18 Å². The van der Waals surface area contributed by atoms with Crippen molar-refractivity contribution in [1.82, 2.24) is 5.32 Å². The number of rotatable bonds is 5. The van der Waals surface area contributed by atoms with Crippen LogP contribution in [0.4, 0.5) is 4.39 Å². The molecule has 0 bridgehead atoms. The first-order valence-corrected chi connectivity index (χ1v) is 6.11. The second-order valence-corrected chi connectivity index (χ2v) is 4.55. The molecule has 1 heterocycles. The molecule has 1 rings (SSSR count). The van der Waals surface area contributed by atoms with Crippen LogP contribution in [0.1, 0.15) is 26.2 Å². The first kappa shape index (κ1) is 12.9. The molecule has 0 aromatic heterocycles. The highest BCUT2D eigenvalue weighted by atomic mass is 31.0. The van der Waals surface area contributed by atoms with Crippen LogP contribution in [-0.2, 0) is 9.53 Å². The minimum Gasteiger partial charge on any atom is -0.465 e. The van der Waals surface area contributed by atoms with Gasteiger partial charge < -0.3 is 10.1 Å². The van der Waals surface area contributed by atoms with E-state index in [1.165, 1.54) is 0 Å². The molecule has 4 atom stereocenters. The van der Waals surface area contributed by atoms with Crippen LogP contribution in [0.15, 0.2) is 0 Å². The highest BCUT2D eigenvalue weighted by Crippen LogP contribution is 2.24. The fourth-order valence-electron chi connectivity index (χ4n) is 1.95. The Kier molecular flexibility index (Phi) is 5.48. The molecular formula is C10H19FNO2P. The third kappa shape index (κ3) is 4.04. The van der Waals surface area contributed by atoms with Crippen LogP contribution in [0.3, 0.4) is 0 Å². The summed E-state index contributed by atoms with van der Waals surface area (Å²) in [6.07, 6.45) is 2.16. The molecule has 88 valence electrons. The number of alkyl halides is 1. The topological polar surface area (TPSA) is 38.3 Å². The zero-order chi connectivity index (χ0) is 11.3. The quantitative estimate of drug-likeness (QED) is 0.579. The summed E-state index contributed by atoms with van der Waals surface area (Å²) in [5, 5.41) is 3.11. The van der Waals surface area contributed by atoms with E-state index in [2.05, 4.69) is 14.6 Å². The molecule has 0 amide bonds. The lowest BCUT2D eigenvalue weighted by Crippen LogP contribution is -2.37. The molecule has 1 N–H and O–H groups in total. The van der Waals surface area contributed by atoms with E-state index in [-0.39, 0.29) is 17.9 Å². The van der Waals surface area contributed by atoms with Crippen LogP contribution in [-0.4, -0.2) is 31.1 Å². The highest BCUT2D eigenvalue weighted by molar-refractivity contribution is 7.17. The standard InChI is InChI=1S/C10H19FNO2P/c1-2-14-10(13)9-7(5-6-12-9)3-4-8(11)15/h7-9,12H,2-6,15H2,1H3/t7-,8?,9?/m1/s1. The van der Waals surface area contributed by atoms with Gasteiger partial charge >= 0.3 is 5.97 Å². The van der Waals surface area contributed by atoms with Crippen LogP contribution < -0.4 is 5.32 Å². The average molecular weight is 235 g/mol. The molecule has 3 unspecified atom stereocenters. The molecule has 1 saturated heterocycles. The molecule has 0 aromatic rings. The molecule has 1 aliphatic heterocycles. The number of hydrogen-bond donors (Lipinski definition) is 1. The number of nitrogens with one attached hydrogen (secondary N) is 1. The molecule has 15 heavy (non-hydrogen) atoms. The molecule has 0 radical (unpaired) electrons. The Hall–Kier alpha value is -0.210. The number of carbonyl (C=O) groups excluding carboxylic acids is 1. The Labute approximate surface area is 92.3 Å².